The maximum absolute atomic E-state index is 12.3. The molecular weight excluding hydrogens is 260 g/mol. The molecule has 1 saturated heterocycles. The number of aliphatic carboxylic acids is 1. The van der Waals surface area contributed by atoms with Gasteiger partial charge in [0.2, 0.25) is 5.91 Å². The second-order valence-corrected chi connectivity index (χ2v) is 4.67. The minimum atomic E-state index is -0.976. The van der Waals surface area contributed by atoms with Gasteiger partial charge in [0, 0.05) is 19.6 Å². The molecule has 0 saturated carbocycles. The van der Waals surface area contributed by atoms with Gasteiger partial charge < -0.3 is 20.1 Å². The Morgan fingerprint density at radius 1 is 1.50 bits per heavy atom. The Balaban J connectivity index is 2.07. The zero-order valence-electron chi connectivity index (χ0n) is 11.3. The molecule has 1 unspecified atom stereocenters. The summed E-state index contributed by atoms with van der Waals surface area (Å²) in [5, 5.41) is 12.1. The summed E-state index contributed by atoms with van der Waals surface area (Å²) < 4.78 is 5.11. The Hall–Kier alpha value is -2.08. The van der Waals surface area contributed by atoms with Crippen molar-refractivity contribution in [3.8, 4) is 5.75 Å². The van der Waals surface area contributed by atoms with Crippen LogP contribution in [0.3, 0.4) is 0 Å². The van der Waals surface area contributed by atoms with Crippen LogP contribution in [0.2, 0.25) is 0 Å². The molecule has 0 radical (unpaired) electrons. The van der Waals surface area contributed by atoms with Gasteiger partial charge >= 0.3 is 5.97 Å². The zero-order valence-corrected chi connectivity index (χ0v) is 11.3. The molecule has 0 bridgehead atoms. The fourth-order valence-electron chi connectivity index (χ4n) is 2.28. The van der Waals surface area contributed by atoms with E-state index < -0.39 is 12.0 Å². The number of nitrogens with zero attached hydrogens (tertiary/aromatic N) is 1. The average molecular weight is 278 g/mol. The van der Waals surface area contributed by atoms with Crippen LogP contribution in [0.15, 0.2) is 24.3 Å². The van der Waals surface area contributed by atoms with E-state index in [1.165, 1.54) is 4.90 Å². The SMILES string of the molecule is COc1cccc(CC(=O)N2CCNCC2C(=O)O)c1. The lowest BCUT2D eigenvalue weighted by Crippen LogP contribution is -2.57. The highest BCUT2D eigenvalue weighted by Crippen LogP contribution is 2.15. The lowest BCUT2D eigenvalue weighted by Gasteiger charge is -2.33. The zero-order chi connectivity index (χ0) is 14.5. The third kappa shape index (κ3) is 3.27. The summed E-state index contributed by atoms with van der Waals surface area (Å²) in [4.78, 5) is 24.9. The van der Waals surface area contributed by atoms with Crippen molar-refractivity contribution in [1.29, 1.82) is 0 Å². The normalized spacial score (nSPS) is 18.6. The number of carboxylic acid groups (broad SMARTS) is 1. The van der Waals surface area contributed by atoms with E-state index in [0.29, 0.717) is 25.4 Å². The van der Waals surface area contributed by atoms with Crippen LogP contribution in [0.4, 0.5) is 0 Å². The minimum absolute atomic E-state index is 0.174. The molecule has 2 rings (SSSR count). The molecule has 108 valence electrons. The molecule has 0 aromatic heterocycles. The van der Waals surface area contributed by atoms with E-state index >= 15 is 0 Å². The summed E-state index contributed by atoms with van der Waals surface area (Å²) in [7, 11) is 1.57. The van der Waals surface area contributed by atoms with E-state index in [-0.39, 0.29) is 12.3 Å². The number of ether oxygens (including phenoxy) is 1. The first-order valence-electron chi connectivity index (χ1n) is 6.47. The molecule has 2 N–H and O–H groups in total. The first-order chi connectivity index (χ1) is 9.61. The summed E-state index contributed by atoms with van der Waals surface area (Å²) in [6, 6.07) is 6.45. The van der Waals surface area contributed by atoms with Crippen molar-refractivity contribution in [2.45, 2.75) is 12.5 Å². The van der Waals surface area contributed by atoms with E-state index in [1.54, 1.807) is 19.2 Å². The van der Waals surface area contributed by atoms with Crippen LogP contribution in [0.1, 0.15) is 5.56 Å². The molecule has 0 spiro atoms. The highest BCUT2D eigenvalue weighted by atomic mass is 16.5. The van der Waals surface area contributed by atoms with Crippen molar-refractivity contribution in [1.82, 2.24) is 10.2 Å². The number of piperazine rings is 1. The number of carbonyl (C=O) groups is 2. The van der Waals surface area contributed by atoms with Crippen molar-refractivity contribution >= 4 is 11.9 Å². The van der Waals surface area contributed by atoms with Gasteiger partial charge in [-0.1, -0.05) is 12.1 Å². The van der Waals surface area contributed by atoms with Gasteiger partial charge in [-0.05, 0) is 17.7 Å². The van der Waals surface area contributed by atoms with Crippen LogP contribution in [-0.2, 0) is 16.0 Å². The molecule has 1 aliphatic rings. The maximum Gasteiger partial charge on any atom is 0.327 e. The van der Waals surface area contributed by atoms with Gasteiger partial charge in [-0.3, -0.25) is 4.79 Å². The number of carboxylic acids is 1. The number of amides is 1. The van der Waals surface area contributed by atoms with Crippen LogP contribution in [0, 0.1) is 0 Å². The number of nitrogens with one attached hydrogen (secondary N) is 1. The van der Waals surface area contributed by atoms with Crippen LogP contribution >= 0.6 is 0 Å². The Bertz CT molecular complexity index is 504. The van der Waals surface area contributed by atoms with Crippen LogP contribution in [0.5, 0.6) is 5.75 Å². The van der Waals surface area contributed by atoms with E-state index in [4.69, 9.17) is 9.84 Å². The van der Waals surface area contributed by atoms with Gasteiger partial charge in [0.25, 0.3) is 0 Å². The van der Waals surface area contributed by atoms with Gasteiger partial charge in [0.05, 0.1) is 13.5 Å². The second kappa shape index (κ2) is 6.38. The van der Waals surface area contributed by atoms with E-state index in [0.717, 1.165) is 5.56 Å². The average Bonchev–Trinajstić information content (AvgIpc) is 2.47. The quantitative estimate of drug-likeness (QED) is 0.818. The molecule has 0 aliphatic carbocycles. The van der Waals surface area contributed by atoms with Crippen molar-refractivity contribution in [2.75, 3.05) is 26.7 Å². The molecule has 1 fully saturated rings. The van der Waals surface area contributed by atoms with Gasteiger partial charge in [0.15, 0.2) is 0 Å². The van der Waals surface area contributed by atoms with Gasteiger partial charge in [0.1, 0.15) is 11.8 Å². The third-order valence-corrected chi connectivity index (χ3v) is 3.34. The van der Waals surface area contributed by atoms with Crippen molar-refractivity contribution in [3.05, 3.63) is 29.8 Å². The summed E-state index contributed by atoms with van der Waals surface area (Å²) in [5.41, 5.74) is 0.817. The lowest BCUT2D eigenvalue weighted by atomic mass is 10.1. The minimum Gasteiger partial charge on any atom is -0.497 e. The number of hydrogen-bond donors (Lipinski definition) is 2. The molecule has 1 heterocycles. The third-order valence-electron chi connectivity index (χ3n) is 3.34. The van der Waals surface area contributed by atoms with E-state index in [2.05, 4.69) is 5.32 Å². The van der Waals surface area contributed by atoms with E-state index in [9.17, 15) is 9.59 Å². The summed E-state index contributed by atoms with van der Waals surface area (Å²) >= 11 is 0. The number of rotatable bonds is 4. The molecule has 6 nitrogen and oxygen atoms in total. The fraction of sp³-hybridized carbons (Fsp3) is 0.429. The van der Waals surface area contributed by atoms with Crippen LogP contribution in [-0.4, -0.2) is 54.7 Å². The molecule has 1 amide bonds. The molecular formula is C14H18N2O4. The fourth-order valence-corrected chi connectivity index (χ4v) is 2.28. The Morgan fingerprint density at radius 3 is 3.00 bits per heavy atom. The first kappa shape index (κ1) is 14.3. The van der Waals surface area contributed by atoms with Gasteiger partial charge in [-0.2, -0.15) is 0 Å². The first-order valence-corrected chi connectivity index (χ1v) is 6.47. The van der Waals surface area contributed by atoms with Crippen molar-refractivity contribution in [3.63, 3.8) is 0 Å². The molecule has 20 heavy (non-hydrogen) atoms. The van der Waals surface area contributed by atoms with Gasteiger partial charge in [-0.25, -0.2) is 4.79 Å². The van der Waals surface area contributed by atoms with Gasteiger partial charge in [-0.15, -0.1) is 0 Å². The largest absolute Gasteiger partial charge is 0.497 e. The summed E-state index contributed by atoms with van der Waals surface area (Å²) in [6.07, 6.45) is 0.182. The number of methoxy groups -OCH3 is 1. The second-order valence-electron chi connectivity index (χ2n) is 4.67. The number of hydrogen-bond acceptors (Lipinski definition) is 4. The highest BCUT2D eigenvalue weighted by Gasteiger charge is 2.31. The smallest absolute Gasteiger partial charge is 0.327 e. The summed E-state index contributed by atoms with van der Waals surface area (Å²) in [5.74, 6) is -0.464. The van der Waals surface area contributed by atoms with Crippen molar-refractivity contribution in [2.24, 2.45) is 0 Å². The van der Waals surface area contributed by atoms with E-state index in [1.807, 2.05) is 12.1 Å². The lowest BCUT2D eigenvalue weighted by molar-refractivity contribution is -0.150. The predicted molar refractivity (Wildman–Crippen MR) is 72.7 cm³/mol. The van der Waals surface area contributed by atoms with Crippen LogP contribution in [0.25, 0.3) is 0 Å². The molecule has 1 aromatic rings. The van der Waals surface area contributed by atoms with Crippen molar-refractivity contribution < 1.29 is 19.4 Å². The number of carbonyl (C=O) groups excluding carboxylic acids is 1. The highest BCUT2D eigenvalue weighted by molar-refractivity contribution is 5.85. The molecule has 1 atom stereocenters. The predicted octanol–water partition coefficient (Wildman–Crippen LogP) is 0.123. The Morgan fingerprint density at radius 2 is 2.30 bits per heavy atom. The summed E-state index contributed by atoms with van der Waals surface area (Å²) in [6.45, 7) is 1.33. The molecule has 1 aromatic carbocycles. The molecule has 1 aliphatic heterocycles. The topological polar surface area (TPSA) is 78.9 Å². The number of benzene rings is 1. The maximum atomic E-state index is 12.3. The Kier molecular flexibility index (Phi) is 4.57. The Labute approximate surface area is 117 Å². The molecule has 6 heteroatoms. The standard InChI is InChI=1S/C14H18N2O4/c1-20-11-4-2-3-10(7-11)8-13(17)16-6-5-15-9-12(16)14(18)19/h2-4,7,12,15H,5-6,8-9H2,1H3,(H,18,19). The monoisotopic (exact) mass is 278 g/mol. The van der Waals surface area contributed by atoms with Crippen LogP contribution < -0.4 is 10.1 Å².